The molecule has 0 aromatic carbocycles. The van der Waals surface area contributed by atoms with Crippen molar-refractivity contribution in [3.8, 4) is 0 Å². The van der Waals surface area contributed by atoms with Gasteiger partial charge in [-0.15, -0.1) is 0 Å². The molecule has 0 unspecified atom stereocenters. The molecule has 18 heteroatoms. The molecule has 0 bridgehead atoms. The van der Waals surface area contributed by atoms with Crippen molar-refractivity contribution in [2.24, 2.45) is 20.0 Å². The molecule has 486 valence electrons. The molecule has 0 spiro atoms. The number of hydrogen-bond acceptors (Lipinski definition) is 6. The third-order valence-electron chi connectivity index (χ3n) is 8.73. The van der Waals surface area contributed by atoms with Gasteiger partial charge in [-0.25, -0.2) is 0 Å². The number of anilines is 2. The van der Waals surface area contributed by atoms with Crippen LogP contribution in [0, 0.1) is 380 Å². The van der Waals surface area contributed by atoms with Gasteiger partial charge < -0.3 is 62.5 Å². The monoisotopic (exact) mass is 1800 g/mol. The van der Waals surface area contributed by atoms with Gasteiger partial charge >= 0.3 is 188 Å². The molecule has 8 rings (SSSR count). The normalized spacial score (nSPS) is 15.6. The predicted molar refractivity (Wildman–Crippen MR) is 355 cm³/mol. The Kier molecular flexibility index (Phi) is 69.7. The number of aliphatic imine (C=N–C) groups is 4. The van der Waals surface area contributed by atoms with Crippen LogP contribution in [0.15, 0.2) is 56.4 Å². The van der Waals surface area contributed by atoms with Gasteiger partial charge in [-0.2, -0.15) is 11.9 Å². The summed E-state index contributed by atoms with van der Waals surface area (Å²) in [5.41, 5.74) is 0. The second-order valence-electron chi connectivity index (χ2n) is 20.0. The Balaban J connectivity index is -0.000000507. The van der Waals surface area contributed by atoms with Gasteiger partial charge in [0, 0.05) is 23.6 Å². The molecule has 6 aliphatic rings. The van der Waals surface area contributed by atoms with Crippen LogP contribution in [0.25, 0.3) is 31.9 Å². The van der Waals surface area contributed by atoms with Crippen LogP contribution in [0.3, 0.4) is 0 Å². The number of hydrogen-bond donors (Lipinski definition) is 2. The van der Waals surface area contributed by atoms with Crippen molar-refractivity contribution in [1.82, 2.24) is 9.97 Å². The summed E-state index contributed by atoms with van der Waals surface area (Å²) in [6.45, 7) is 32.1. The molecule has 2 aromatic heterocycles. The first-order valence-corrected chi connectivity index (χ1v) is 28.4. The Labute approximate surface area is 684 Å². The Hall–Kier alpha value is 1.46. The molecule has 14 nitrogen and oxygen atoms in total. The Morgan fingerprint density at radius 3 is 0.640 bits per heavy atom. The fourth-order valence-corrected chi connectivity index (χ4v) is 5.75. The smallest absolute Gasteiger partial charge is 0.550 e. The molecule has 0 saturated heterocycles. The number of guanidine groups is 4. The molecule has 6 aliphatic carbocycles. The second-order valence-corrected chi connectivity index (χ2v) is 20.0. The van der Waals surface area contributed by atoms with Gasteiger partial charge in [-0.3, -0.25) is 9.97 Å². The third kappa shape index (κ3) is 61.6. The van der Waals surface area contributed by atoms with Gasteiger partial charge in [0.15, 0.2) is 0 Å². The summed E-state index contributed by atoms with van der Waals surface area (Å²) in [5.74, 6) is 4.45. The van der Waals surface area contributed by atoms with Crippen LogP contribution in [-0.4, -0.2) is 82.1 Å². The number of nitrogens with one attached hydrogen (secondary N) is 2. The molecule has 2 heterocycles. The maximum Gasteiger partial charge on any atom is 3.00 e. The van der Waals surface area contributed by atoms with E-state index in [0.717, 1.165) is 0 Å². The number of rotatable bonds is 12. The minimum atomic E-state index is 0. The summed E-state index contributed by atoms with van der Waals surface area (Å²) in [5, 5.41) is 33.2. The van der Waals surface area contributed by atoms with E-state index in [1.807, 2.05) is 340 Å². The van der Waals surface area contributed by atoms with E-state index in [4.69, 9.17) is 0 Å². The van der Waals surface area contributed by atoms with E-state index in [-0.39, 0.29) is 236 Å². The maximum atomic E-state index is 4.52. The van der Waals surface area contributed by atoms with Crippen LogP contribution in [0.4, 0.5) is 23.3 Å². The van der Waals surface area contributed by atoms with Crippen molar-refractivity contribution in [3.63, 3.8) is 0 Å². The van der Waals surface area contributed by atoms with Crippen LogP contribution < -0.4 is 10.6 Å². The van der Waals surface area contributed by atoms with Crippen molar-refractivity contribution >= 4 is 47.1 Å². The third-order valence-corrected chi connectivity index (χ3v) is 8.73. The molecule has 6 fully saturated rings. The molecule has 34 radical (unpaired) electrons. The first kappa shape index (κ1) is 93.9. The summed E-state index contributed by atoms with van der Waals surface area (Å²) in [7, 11) is 0. The second kappa shape index (κ2) is 63.8. The molecular formula is C68H94N14Yb4+6. The molecule has 6 saturated carbocycles. The van der Waals surface area contributed by atoms with E-state index in [2.05, 4.69) is 72.5 Å². The average molecular weight is 1800 g/mol. The van der Waals surface area contributed by atoms with Gasteiger partial charge in [0.2, 0.25) is 0 Å². The van der Waals surface area contributed by atoms with Crippen molar-refractivity contribution in [2.75, 3.05) is 10.6 Å². The summed E-state index contributed by atoms with van der Waals surface area (Å²) in [6, 6.07) is 12.2. The van der Waals surface area contributed by atoms with E-state index in [0.29, 0.717) is 47.1 Å². The topological polar surface area (TPSA) is 184 Å². The van der Waals surface area contributed by atoms with Gasteiger partial charge in [-0.1, -0.05) is 147 Å². The van der Waals surface area contributed by atoms with Crippen molar-refractivity contribution in [2.45, 2.75) is 159 Å². The van der Waals surface area contributed by atoms with Gasteiger partial charge in [0.25, 0.3) is 0 Å². The van der Waals surface area contributed by atoms with Gasteiger partial charge in [0.05, 0.1) is 11.6 Å². The summed E-state index contributed by atoms with van der Waals surface area (Å²) < 4.78 is 0. The van der Waals surface area contributed by atoms with Crippen LogP contribution in [-0.2, 0) is 0 Å². The summed E-state index contributed by atoms with van der Waals surface area (Å²) in [6.07, 6.45) is 60.0. The van der Waals surface area contributed by atoms with Crippen molar-refractivity contribution < 1.29 is 188 Å². The van der Waals surface area contributed by atoms with Crippen molar-refractivity contribution in [3.05, 3.63) is 261 Å². The van der Waals surface area contributed by atoms with E-state index >= 15 is 0 Å². The quantitative estimate of drug-likeness (QED) is 0.158. The Bertz CT molecular complexity index is 1680. The molecule has 0 atom stereocenters. The molecule has 86 heavy (non-hydrogen) atoms. The zero-order chi connectivity index (χ0) is 60.6. The Morgan fingerprint density at radius 2 is 0.477 bits per heavy atom. The molecule has 0 amide bonds. The van der Waals surface area contributed by atoms with Gasteiger partial charge in [-0.05, 0) is 241 Å². The zero-order valence-electron chi connectivity index (χ0n) is 52.8. The van der Waals surface area contributed by atoms with E-state index in [1.165, 1.54) is 0 Å². The molecular weight excluding hydrogens is 1710 g/mol. The fourth-order valence-electron chi connectivity index (χ4n) is 5.75. The standard InChI is InChI=1S/2C19H32N7.6C5H5.4Yb/c2*1-12(2)20-18(21-13(3)4)25-16-10-9-11-17(24-16)26-19(22-14(5)6)23-15(7)8;6*1-2-4-5-3-1;;;;/h2*9-15H,1-8H3,(H-3,20,21,22,23,24,25,26);6*1-5H;;;;/q2*-3;;;;;;;4*+3. The van der Waals surface area contributed by atoms with Crippen LogP contribution in [0.5, 0.6) is 0 Å². The molecule has 2 N–H and O–H groups in total. The Morgan fingerprint density at radius 1 is 0.291 bits per heavy atom. The predicted octanol–water partition coefficient (Wildman–Crippen LogP) is 17.3. The summed E-state index contributed by atoms with van der Waals surface area (Å²) in [4.78, 5) is 27.0. The number of pyridine rings is 2. The SMILES string of the molecule is CC(C)N=C([N-]C(C)C)Nc1cccc(N=C([N-]C(C)C)[N-]C(C)C)n1.CC(C)N=C([N-]C(C)C)Nc1cccc(N=C([N-]C(C)C)[N-]C(C)C)n1.[CH]1[CH][CH][CH][CH]1.[CH]1[CH][CH][CH][CH]1.[CH]1[CH][CH][CH][CH]1.[CH]1[CH][CH][CH][CH]1.[CH]1[CH][CH][CH][CH]1.[CH]1[CH][CH][CH][CH]1.[Yb+3].[Yb+3].[Yb+3].[Yb+3]. The first-order valence-electron chi connectivity index (χ1n) is 28.4. The van der Waals surface area contributed by atoms with Gasteiger partial charge in [0.1, 0.15) is 0 Å². The number of aromatic nitrogens is 2. The van der Waals surface area contributed by atoms with Crippen molar-refractivity contribution in [1.29, 1.82) is 0 Å². The molecule has 0 aliphatic heterocycles. The van der Waals surface area contributed by atoms with Crippen LogP contribution in [0.2, 0.25) is 0 Å². The minimum absolute atomic E-state index is 0. The van der Waals surface area contributed by atoms with Crippen LogP contribution >= 0.6 is 0 Å². The fraction of sp³-hybridized carbons (Fsp3) is 0.353. The maximum absolute atomic E-state index is 4.52. The average Bonchev–Trinajstić information content (AvgIpc) is 4.31. The first-order chi connectivity index (χ1) is 39.3. The minimum Gasteiger partial charge on any atom is -0.550 e. The van der Waals surface area contributed by atoms with Crippen LogP contribution in [0.1, 0.15) is 111 Å². The summed E-state index contributed by atoms with van der Waals surface area (Å²) >= 11 is 0. The zero-order valence-corrected chi connectivity index (χ0v) is 59.7. The largest absolute Gasteiger partial charge is 3.00 e. The van der Waals surface area contributed by atoms with E-state index < -0.39 is 0 Å². The van der Waals surface area contributed by atoms with E-state index in [1.54, 1.807) is 0 Å². The molecule has 2 aromatic rings. The number of nitrogens with zero attached hydrogens (tertiary/aromatic N) is 12. The van der Waals surface area contributed by atoms with E-state index in [9.17, 15) is 0 Å².